The number of amides is 1. The molecule has 0 unspecified atom stereocenters. The molecule has 0 bridgehead atoms. The Kier molecular flexibility index (Phi) is 6.44. The molecule has 25 heavy (non-hydrogen) atoms. The Morgan fingerprint density at radius 2 is 1.48 bits per heavy atom. The van der Waals surface area contributed by atoms with Crippen molar-refractivity contribution in [2.45, 2.75) is 38.7 Å². The van der Waals surface area contributed by atoms with Crippen LogP contribution in [0.3, 0.4) is 0 Å². The van der Waals surface area contributed by atoms with Crippen molar-refractivity contribution in [2.75, 3.05) is 6.54 Å². The number of esters is 1. The summed E-state index contributed by atoms with van der Waals surface area (Å²) in [6.07, 6.45) is -10.7. The Hall–Kier alpha value is -2.26. The number of alkyl halides is 6. The minimum absolute atomic E-state index is 0.0726. The van der Waals surface area contributed by atoms with Crippen LogP contribution < -0.4 is 5.32 Å². The predicted molar refractivity (Wildman–Crippen MR) is 74.6 cm³/mol. The third-order valence-corrected chi connectivity index (χ3v) is 2.83. The summed E-state index contributed by atoms with van der Waals surface area (Å²) in [5.41, 5.74) is -3.99. The molecule has 10 heteroatoms. The van der Waals surface area contributed by atoms with E-state index in [1.165, 1.54) is 0 Å². The van der Waals surface area contributed by atoms with Gasteiger partial charge in [0.1, 0.15) is 0 Å². The van der Waals surface area contributed by atoms with Gasteiger partial charge in [0.05, 0.1) is 23.7 Å². The van der Waals surface area contributed by atoms with E-state index in [-0.39, 0.29) is 25.1 Å². The molecule has 0 heterocycles. The smallest absolute Gasteiger partial charge is 0.416 e. The van der Waals surface area contributed by atoms with Gasteiger partial charge in [0.15, 0.2) is 0 Å². The molecule has 0 fully saturated rings. The number of halogens is 6. The first-order valence-corrected chi connectivity index (χ1v) is 7.08. The van der Waals surface area contributed by atoms with Gasteiger partial charge in [-0.25, -0.2) is 0 Å². The summed E-state index contributed by atoms with van der Waals surface area (Å²) in [7, 11) is 0. The lowest BCUT2D eigenvalue weighted by molar-refractivity contribution is -0.147. The molecule has 4 nitrogen and oxygen atoms in total. The fourth-order valence-corrected chi connectivity index (χ4v) is 1.79. The van der Waals surface area contributed by atoms with Crippen molar-refractivity contribution in [2.24, 2.45) is 0 Å². The molecular weight excluding hydrogens is 356 g/mol. The normalized spacial score (nSPS) is 12.2. The van der Waals surface area contributed by atoms with E-state index in [2.05, 4.69) is 5.32 Å². The van der Waals surface area contributed by atoms with Crippen LogP contribution in [0.2, 0.25) is 0 Å². The zero-order chi connectivity index (χ0) is 19.4. The van der Waals surface area contributed by atoms with Crippen molar-refractivity contribution in [1.29, 1.82) is 0 Å². The molecule has 1 amide bonds. The van der Waals surface area contributed by atoms with Crippen molar-refractivity contribution in [3.63, 3.8) is 0 Å². The molecule has 0 atom stereocenters. The highest BCUT2D eigenvalue weighted by Crippen LogP contribution is 2.36. The van der Waals surface area contributed by atoms with Crippen LogP contribution in [0.4, 0.5) is 26.3 Å². The first kappa shape index (κ1) is 20.8. The maximum absolute atomic E-state index is 12.7. The topological polar surface area (TPSA) is 55.4 Å². The van der Waals surface area contributed by atoms with Crippen LogP contribution in [0.5, 0.6) is 0 Å². The number of nitrogens with one attached hydrogen (secondary N) is 1. The predicted octanol–water partition coefficient (Wildman–Crippen LogP) is 3.80. The Morgan fingerprint density at radius 3 is 1.88 bits per heavy atom. The van der Waals surface area contributed by atoms with Gasteiger partial charge in [-0.2, -0.15) is 26.3 Å². The maximum atomic E-state index is 12.7. The van der Waals surface area contributed by atoms with Crippen LogP contribution in [0.25, 0.3) is 0 Å². The van der Waals surface area contributed by atoms with E-state index >= 15 is 0 Å². The van der Waals surface area contributed by atoms with Crippen molar-refractivity contribution in [3.05, 3.63) is 34.9 Å². The zero-order valence-corrected chi connectivity index (χ0v) is 13.2. The third kappa shape index (κ3) is 6.63. The van der Waals surface area contributed by atoms with Gasteiger partial charge in [-0.15, -0.1) is 0 Å². The van der Waals surface area contributed by atoms with Gasteiger partial charge in [0.25, 0.3) is 5.91 Å². The summed E-state index contributed by atoms with van der Waals surface area (Å²) in [5, 5.41) is 2.09. The highest BCUT2D eigenvalue weighted by molar-refractivity contribution is 5.94. The van der Waals surface area contributed by atoms with Crippen LogP contribution in [0.15, 0.2) is 18.2 Å². The number of carbonyl (C=O) groups is 2. The molecule has 0 aromatic heterocycles. The van der Waals surface area contributed by atoms with E-state index in [9.17, 15) is 35.9 Å². The molecule has 0 spiro atoms. The summed E-state index contributed by atoms with van der Waals surface area (Å²) in [4.78, 5) is 23.1. The minimum Gasteiger partial charge on any atom is -0.463 e. The van der Waals surface area contributed by atoms with E-state index in [1.54, 1.807) is 13.8 Å². The maximum Gasteiger partial charge on any atom is 0.416 e. The van der Waals surface area contributed by atoms with Gasteiger partial charge >= 0.3 is 18.3 Å². The highest BCUT2D eigenvalue weighted by Gasteiger charge is 2.37. The first-order valence-electron chi connectivity index (χ1n) is 7.08. The largest absolute Gasteiger partial charge is 0.463 e. The van der Waals surface area contributed by atoms with Crippen molar-refractivity contribution < 1.29 is 40.7 Å². The Balaban J connectivity index is 2.92. The molecule has 0 aliphatic carbocycles. The van der Waals surface area contributed by atoms with Crippen LogP contribution in [0, 0.1) is 0 Å². The van der Waals surface area contributed by atoms with Crippen LogP contribution in [0.1, 0.15) is 41.8 Å². The van der Waals surface area contributed by atoms with Crippen LogP contribution >= 0.6 is 0 Å². The van der Waals surface area contributed by atoms with Crippen molar-refractivity contribution in [3.8, 4) is 0 Å². The number of rotatable bonds is 5. The molecule has 1 aromatic rings. The molecule has 0 saturated heterocycles. The number of carbonyl (C=O) groups excluding carboxylic acids is 2. The van der Waals surface area contributed by atoms with Gasteiger partial charge in [-0.05, 0) is 32.0 Å². The Labute approximate surface area is 139 Å². The quantitative estimate of drug-likeness (QED) is 0.633. The second-order valence-corrected chi connectivity index (χ2v) is 5.34. The summed E-state index contributed by atoms with van der Waals surface area (Å²) in [6, 6.07) is 0.560. The number of ether oxygens (including phenoxy) is 1. The van der Waals surface area contributed by atoms with Crippen LogP contribution in [-0.2, 0) is 21.9 Å². The van der Waals surface area contributed by atoms with Gasteiger partial charge in [-0.1, -0.05) is 0 Å². The van der Waals surface area contributed by atoms with Crippen LogP contribution in [-0.4, -0.2) is 24.5 Å². The molecular formula is C15H15F6NO3. The standard InChI is InChI=1S/C15H15F6NO3/c1-8(2)25-12(23)3-4-22-13(24)9-5-10(14(16,17)18)7-11(6-9)15(19,20)21/h5-8H,3-4H2,1-2H3,(H,22,24). The molecule has 0 radical (unpaired) electrons. The number of benzene rings is 1. The lowest BCUT2D eigenvalue weighted by Crippen LogP contribution is -2.28. The fraction of sp³-hybridized carbons (Fsp3) is 0.467. The second kappa shape index (κ2) is 7.75. The molecule has 140 valence electrons. The summed E-state index contributed by atoms with van der Waals surface area (Å²) >= 11 is 0. The van der Waals surface area contributed by atoms with E-state index in [4.69, 9.17) is 4.74 Å². The van der Waals surface area contributed by atoms with E-state index in [0.717, 1.165) is 0 Å². The average Bonchev–Trinajstić information content (AvgIpc) is 2.44. The second-order valence-electron chi connectivity index (χ2n) is 5.34. The van der Waals surface area contributed by atoms with Crippen molar-refractivity contribution >= 4 is 11.9 Å². The summed E-state index contributed by atoms with van der Waals surface area (Å²) in [5.74, 6) is -1.82. The van der Waals surface area contributed by atoms with Crippen molar-refractivity contribution in [1.82, 2.24) is 5.32 Å². The Morgan fingerprint density at radius 1 is 1.00 bits per heavy atom. The first-order chi connectivity index (χ1) is 11.3. The minimum atomic E-state index is -5.04. The fourth-order valence-electron chi connectivity index (χ4n) is 1.79. The monoisotopic (exact) mass is 371 g/mol. The van der Waals surface area contributed by atoms with Gasteiger partial charge in [-0.3, -0.25) is 9.59 Å². The molecule has 1 rings (SSSR count). The number of hydrogen-bond donors (Lipinski definition) is 1. The molecule has 0 saturated carbocycles. The number of hydrogen-bond acceptors (Lipinski definition) is 3. The van der Waals surface area contributed by atoms with Gasteiger partial charge < -0.3 is 10.1 Å². The Bertz CT molecular complexity index is 605. The summed E-state index contributed by atoms with van der Waals surface area (Å²) < 4.78 is 81.1. The lowest BCUT2D eigenvalue weighted by atomic mass is 10.0. The molecule has 1 N–H and O–H groups in total. The van der Waals surface area contributed by atoms with E-state index < -0.39 is 40.9 Å². The zero-order valence-electron chi connectivity index (χ0n) is 13.2. The summed E-state index contributed by atoms with van der Waals surface area (Å²) in [6.45, 7) is 2.90. The lowest BCUT2D eigenvalue weighted by Gasteiger charge is -2.14. The van der Waals surface area contributed by atoms with E-state index in [1.807, 2.05) is 0 Å². The molecule has 1 aromatic carbocycles. The molecule has 0 aliphatic heterocycles. The average molecular weight is 371 g/mol. The molecule has 0 aliphatic rings. The van der Waals surface area contributed by atoms with E-state index in [0.29, 0.717) is 12.1 Å². The third-order valence-electron chi connectivity index (χ3n) is 2.83. The SMILES string of the molecule is CC(C)OC(=O)CCNC(=O)c1cc(C(F)(F)F)cc(C(F)(F)F)c1. The van der Waals surface area contributed by atoms with Gasteiger partial charge in [0.2, 0.25) is 0 Å². The van der Waals surface area contributed by atoms with Gasteiger partial charge in [0, 0.05) is 12.1 Å². The highest BCUT2D eigenvalue weighted by atomic mass is 19.4.